The Bertz CT molecular complexity index is 1150. The second-order valence-corrected chi connectivity index (χ2v) is 7.19. The minimum Gasteiger partial charge on any atom is -0.477 e. The van der Waals surface area contributed by atoms with Gasteiger partial charge in [0.1, 0.15) is 17.3 Å². The number of nitrogens with zero attached hydrogens (tertiary/aromatic N) is 2. The number of pyridine rings is 2. The SMILES string of the molecule is CCn1c(OCc2cccc(Cl)n2)cc(=O)c(C(=O)O)c1-c1ccc(Cl)c(Cl)c1. The van der Waals surface area contributed by atoms with Gasteiger partial charge in [0.25, 0.3) is 0 Å². The maximum atomic E-state index is 12.6. The van der Waals surface area contributed by atoms with E-state index in [1.54, 1.807) is 34.9 Å². The van der Waals surface area contributed by atoms with Gasteiger partial charge in [0.15, 0.2) is 5.88 Å². The van der Waals surface area contributed by atoms with Gasteiger partial charge in [0.2, 0.25) is 5.43 Å². The molecule has 0 aliphatic carbocycles. The number of hydrogen-bond donors (Lipinski definition) is 1. The van der Waals surface area contributed by atoms with E-state index < -0.39 is 11.4 Å². The lowest BCUT2D eigenvalue weighted by atomic mass is 10.0. The van der Waals surface area contributed by atoms with Crippen molar-refractivity contribution in [1.29, 1.82) is 0 Å². The maximum Gasteiger partial charge on any atom is 0.341 e. The van der Waals surface area contributed by atoms with Crippen LogP contribution in [-0.2, 0) is 13.2 Å². The number of aromatic carboxylic acids is 1. The fourth-order valence-electron chi connectivity index (χ4n) is 2.89. The van der Waals surface area contributed by atoms with Crippen molar-refractivity contribution < 1.29 is 14.6 Å². The first-order valence-electron chi connectivity index (χ1n) is 8.52. The van der Waals surface area contributed by atoms with Gasteiger partial charge in [0.05, 0.1) is 21.4 Å². The highest BCUT2D eigenvalue weighted by molar-refractivity contribution is 6.42. The Morgan fingerprint density at radius 3 is 2.52 bits per heavy atom. The van der Waals surface area contributed by atoms with Crippen LogP contribution in [0, 0.1) is 0 Å². The van der Waals surface area contributed by atoms with Crippen molar-refractivity contribution in [2.45, 2.75) is 20.1 Å². The predicted octanol–water partition coefficient (Wildman–Crippen LogP) is 5.17. The molecule has 2 heterocycles. The minimum absolute atomic E-state index is 0.0488. The fraction of sp³-hybridized carbons (Fsp3) is 0.150. The third kappa shape index (κ3) is 4.56. The molecule has 0 fully saturated rings. The molecule has 2 aromatic heterocycles. The molecule has 0 atom stereocenters. The van der Waals surface area contributed by atoms with Crippen molar-refractivity contribution in [2.24, 2.45) is 0 Å². The minimum atomic E-state index is -1.35. The van der Waals surface area contributed by atoms with Crippen LogP contribution < -0.4 is 10.2 Å². The predicted molar refractivity (Wildman–Crippen MR) is 112 cm³/mol. The average molecular weight is 454 g/mol. The molecule has 1 aromatic carbocycles. The number of carboxylic acids is 1. The van der Waals surface area contributed by atoms with Gasteiger partial charge in [-0.2, -0.15) is 0 Å². The van der Waals surface area contributed by atoms with E-state index in [2.05, 4.69) is 4.98 Å². The number of benzene rings is 1. The third-order valence-electron chi connectivity index (χ3n) is 4.14. The highest BCUT2D eigenvalue weighted by atomic mass is 35.5. The molecular formula is C20H15Cl3N2O4. The molecule has 9 heteroatoms. The molecule has 0 aliphatic rings. The molecule has 0 saturated heterocycles. The van der Waals surface area contributed by atoms with Crippen LogP contribution in [0.2, 0.25) is 15.2 Å². The Morgan fingerprint density at radius 1 is 1.14 bits per heavy atom. The molecule has 0 saturated carbocycles. The summed E-state index contributed by atoms with van der Waals surface area (Å²) in [7, 11) is 0. The van der Waals surface area contributed by atoms with Crippen LogP contribution in [0.4, 0.5) is 0 Å². The van der Waals surface area contributed by atoms with Gasteiger partial charge in [-0.15, -0.1) is 0 Å². The van der Waals surface area contributed by atoms with E-state index >= 15 is 0 Å². The van der Waals surface area contributed by atoms with Crippen molar-refractivity contribution in [2.75, 3.05) is 0 Å². The summed E-state index contributed by atoms with van der Waals surface area (Å²) in [6.45, 7) is 2.20. The zero-order valence-electron chi connectivity index (χ0n) is 15.2. The number of rotatable bonds is 6. The van der Waals surface area contributed by atoms with Crippen LogP contribution in [0.15, 0.2) is 47.3 Å². The quantitative estimate of drug-likeness (QED) is 0.521. The van der Waals surface area contributed by atoms with Gasteiger partial charge < -0.3 is 14.4 Å². The third-order valence-corrected chi connectivity index (χ3v) is 5.09. The Kier molecular flexibility index (Phi) is 6.47. The normalized spacial score (nSPS) is 10.8. The van der Waals surface area contributed by atoms with Gasteiger partial charge in [-0.1, -0.05) is 46.9 Å². The summed E-state index contributed by atoms with van der Waals surface area (Å²) in [5.74, 6) is -1.15. The molecule has 0 bridgehead atoms. The van der Waals surface area contributed by atoms with Crippen LogP contribution >= 0.6 is 34.8 Å². The first kappa shape index (κ1) is 21.2. The lowest BCUT2D eigenvalue weighted by Crippen LogP contribution is -2.22. The van der Waals surface area contributed by atoms with Gasteiger partial charge in [0, 0.05) is 18.2 Å². The van der Waals surface area contributed by atoms with Crippen molar-refractivity contribution in [3.63, 3.8) is 0 Å². The Morgan fingerprint density at radius 2 is 1.90 bits per heavy atom. The zero-order valence-corrected chi connectivity index (χ0v) is 17.4. The standard InChI is InChI=1S/C20H15Cl3N2O4/c1-2-25-17(29-10-12-4-3-5-16(23)24-12)9-15(26)18(20(27)28)19(25)11-6-7-13(21)14(22)8-11/h3-9H,2,10H2,1H3,(H,27,28). The largest absolute Gasteiger partial charge is 0.477 e. The van der Waals surface area contributed by atoms with E-state index in [0.717, 1.165) is 6.07 Å². The number of halogens is 3. The van der Waals surface area contributed by atoms with Gasteiger partial charge in [-0.25, -0.2) is 9.78 Å². The Balaban J connectivity index is 2.15. The topological polar surface area (TPSA) is 81.4 Å². The smallest absolute Gasteiger partial charge is 0.341 e. The lowest BCUT2D eigenvalue weighted by molar-refractivity contribution is 0.0695. The molecule has 0 amide bonds. The number of carboxylic acid groups (broad SMARTS) is 1. The lowest BCUT2D eigenvalue weighted by Gasteiger charge is -2.20. The molecule has 3 rings (SSSR count). The first-order chi connectivity index (χ1) is 13.8. The molecule has 1 N–H and O–H groups in total. The van der Waals surface area contributed by atoms with Crippen LogP contribution in [0.1, 0.15) is 23.0 Å². The van der Waals surface area contributed by atoms with E-state index in [9.17, 15) is 14.7 Å². The monoisotopic (exact) mass is 452 g/mol. The number of hydrogen-bond acceptors (Lipinski definition) is 4. The highest BCUT2D eigenvalue weighted by Crippen LogP contribution is 2.32. The molecular weight excluding hydrogens is 439 g/mol. The molecule has 0 spiro atoms. The van der Waals surface area contributed by atoms with Gasteiger partial charge >= 0.3 is 5.97 Å². The average Bonchev–Trinajstić information content (AvgIpc) is 2.67. The molecule has 0 radical (unpaired) electrons. The van der Waals surface area contributed by atoms with Crippen LogP contribution in [-0.4, -0.2) is 20.6 Å². The Labute approximate surface area is 181 Å². The zero-order chi connectivity index (χ0) is 21.1. The molecule has 29 heavy (non-hydrogen) atoms. The van der Waals surface area contributed by atoms with E-state index in [1.807, 2.05) is 6.92 Å². The second kappa shape index (κ2) is 8.86. The van der Waals surface area contributed by atoms with Crippen molar-refractivity contribution in [3.8, 4) is 17.1 Å². The van der Waals surface area contributed by atoms with Crippen LogP contribution in [0.5, 0.6) is 5.88 Å². The maximum absolute atomic E-state index is 12.6. The number of aromatic nitrogens is 2. The van der Waals surface area contributed by atoms with Gasteiger partial charge in [-0.05, 0) is 31.2 Å². The van der Waals surface area contributed by atoms with Crippen LogP contribution in [0.25, 0.3) is 11.3 Å². The highest BCUT2D eigenvalue weighted by Gasteiger charge is 2.23. The molecule has 0 unspecified atom stereocenters. The number of ether oxygens (including phenoxy) is 1. The molecule has 6 nitrogen and oxygen atoms in total. The summed E-state index contributed by atoms with van der Waals surface area (Å²) < 4.78 is 7.38. The summed E-state index contributed by atoms with van der Waals surface area (Å²) in [4.78, 5) is 28.6. The summed E-state index contributed by atoms with van der Waals surface area (Å²) in [5.41, 5.74) is 0.115. The van der Waals surface area contributed by atoms with Crippen LogP contribution in [0.3, 0.4) is 0 Å². The fourth-order valence-corrected chi connectivity index (χ4v) is 3.37. The van der Waals surface area contributed by atoms with E-state index in [4.69, 9.17) is 39.5 Å². The van der Waals surface area contributed by atoms with Crippen molar-refractivity contribution in [3.05, 3.63) is 79.1 Å². The van der Waals surface area contributed by atoms with Crippen molar-refractivity contribution in [1.82, 2.24) is 9.55 Å². The first-order valence-corrected chi connectivity index (χ1v) is 9.66. The van der Waals surface area contributed by atoms with E-state index in [1.165, 1.54) is 6.07 Å². The number of carbonyl (C=O) groups is 1. The second-order valence-electron chi connectivity index (χ2n) is 5.99. The van der Waals surface area contributed by atoms with E-state index in [-0.39, 0.29) is 28.8 Å². The van der Waals surface area contributed by atoms with E-state index in [0.29, 0.717) is 28.0 Å². The van der Waals surface area contributed by atoms with Gasteiger partial charge in [-0.3, -0.25) is 4.79 Å². The van der Waals surface area contributed by atoms with Crippen molar-refractivity contribution >= 4 is 40.8 Å². The molecule has 150 valence electrons. The molecule has 3 aromatic rings. The summed E-state index contributed by atoms with van der Waals surface area (Å²) >= 11 is 18.0. The Hall–Kier alpha value is -2.54. The molecule has 0 aliphatic heterocycles. The summed E-state index contributed by atoms with van der Waals surface area (Å²) in [5, 5.41) is 10.5. The summed E-state index contributed by atoms with van der Waals surface area (Å²) in [6, 6.07) is 10.9. The summed E-state index contributed by atoms with van der Waals surface area (Å²) in [6.07, 6.45) is 0.